The third-order valence-corrected chi connectivity index (χ3v) is 2.71. The van der Waals surface area contributed by atoms with E-state index in [2.05, 4.69) is 10.1 Å². The summed E-state index contributed by atoms with van der Waals surface area (Å²) >= 11 is 0. The van der Waals surface area contributed by atoms with Crippen LogP contribution in [0.5, 0.6) is 0 Å². The van der Waals surface area contributed by atoms with E-state index in [9.17, 15) is 4.79 Å². The van der Waals surface area contributed by atoms with Gasteiger partial charge < -0.3 is 5.11 Å². The summed E-state index contributed by atoms with van der Waals surface area (Å²) in [6.45, 7) is 0. The van der Waals surface area contributed by atoms with E-state index in [-0.39, 0.29) is 5.69 Å². The molecule has 3 aromatic rings. The molecule has 0 aliphatic carbocycles. The highest BCUT2D eigenvalue weighted by molar-refractivity contribution is 5.87. The number of fused-ring (bicyclic) bond motifs is 1. The van der Waals surface area contributed by atoms with E-state index >= 15 is 0 Å². The van der Waals surface area contributed by atoms with Gasteiger partial charge in [-0.1, -0.05) is 30.3 Å². The quantitative estimate of drug-likeness (QED) is 0.743. The lowest BCUT2D eigenvalue weighted by atomic mass is 10.1. The van der Waals surface area contributed by atoms with Crippen molar-refractivity contribution in [3.8, 4) is 11.1 Å². The van der Waals surface area contributed by atoms with Gasteiger partial charge >= 0.3 is 5.97 Å². The van der Waals surface area contributed by atoms with Crippen LogP contribution in [0.4, 0.5) is 0 Å². The molecule has 0 spiro atoms. The number of aromatic nitrogens is 3. The average Bonchev–Trinajstić information content (AvgIpc) is 2.83. The molecule has 88 valence electrons. The van der Waals surface area contributed by atoms with Crippen molar-refractivity contribution in [2.75, 3.05) is 0 Å². The number of nitrogens with zero attached hydrogens (tertiary/aromatic N) is 3. The summed E-state index contributed by atoms with van der Waals surface area (Å²) in [5.41, 5.74) is 2.42. The number of rotatable bonds is 2. The SMILES string of the molecule is O=C(O)c1ccnc2c(-c3ccccc3)cnn12. The maximum Gasteiger partial charge on any atom is 0.354 e. The molecule has 5 nitrogen and oxygen atoms in total. The first-order chi connectivity index (χ1) is 8.77. The van der Waals surface area contributed by atoms with E-state index < -0.39 is 5.97 Å². The minimum atomic E-state index is -1.02. The van der Waals surface area contributed by atoms with Crippen molar-refractivity contribution in [1.29, 1.82) is 0 Å². The Morgan fingerprint density at radius 3 is 2.67 bits per heavy atom. The first kappa shape index (κ1) is 10.5. The maximum atomic E-state index is 11.1. The number of carboxylic acids is 1. The summed E-state index contributed by atoms with van der Waals surface area (Å²) in [6.07, 6.45) is 3.11. The molecular formula is C13H9N3O2. The molecule has 0 amide bonds. The number of carbonyl (C=O) groups is 1. The maximum absolute atomic E-state index is 11.1. The predicted molar refractivity (Wildman–Crippen MR) is 65.4 cm³/mol. The summed E-state index contributed by atoms with van der Waals surface area (Å²) < 4.78 is 1.34. The number of hydrogen-bond acceptors (Lipinski definition) is 3. The zero-order valence-corrected chi connectivity index (χ0v) is 9.32. The van der Waals surface area contributed by atoms with Gasteiger partial charge in [-0.2, -0.15) is 5.10 Å². The zero-order valence-electron chi connectivity index (χ0n) is 9.32. The normalized spacial score (nSPS) is 10.7. The van der Waals surface area contributed by atoms with E-state index in [1.165, 1.54) is 16.8 Å². The van der Waals surface area contributed by atoms with Crippen molar-refractivity contribution in [3.63, 3.8) is 0 Å². The summed E-state index contributed by atoms with van der Waals surface area (Å²) in [7, 11) is 0. The largest absolute Gasteiger partial charge is 0.477 e. The highest BCUT2D eigenvalue weighted by Gasteiger charge is 2.13. The van der Waals surface area contributed by atoms with Gasteiger partial charge in [0.15, 0.2) is 11.3 Å². The molecule has 0 radical (unpaired) electrons. The molecule has 18 heavy (non-hydrogen) atoms. The van der Waals surface area contributed by atoms with Crippen LogP contribution in [0, 0.1) is 0 Å². The van der Waals surface area contributed by atoms with Gasteiger partial charge in [0.2, 0.25) is 0 Å². The molecule has 0 saturated carbocycles. The second kappa shape index (κ2) is 3.96. The topological polar surface area (TPSA) is 67.5 Å². The average molecular weight is 239 g/mol. The van der Waals surface area contributed by atoms with Crippen LogP contribution < -0.4 is 0 Å². The van der Waals surface area contributed by atoms with Crippen LogP contribution >= 0.6 is 0 Å². The number of aromatic carboxylic acids is 1. The van der Waals surface area contributed by atoms with Crippen LogP contribution in [0.1, 0.15) is 10.5 Å². The van der Waals surface area contributed by atoms with Crippen molar-refractivity contribution >= 4 is 11.6 Å². The molecule has 1 N–H and O–H groups in total. The predicted octanol–water partition coefficient (Wildman–Crippen LogP) is 2.09. The van der Waals surface area contributed by atoms with Crippen LogP contribution in [0.2, 0.25) is 0 Å². The van der Waals surface area contributed by atoms with Gasteiger partial charge in [0.1, 0.15) is 0 Å². The van der Waals surface area contributed by atoms with Crippen molar-refractivity contribution in [1.82, 2.24) is 14.6 Å². The minimum Gasteiger partial charge on any atom is -0.477 e. The number of hydrogen-bond donors (Lipinski definition) is 1. The van der Waals surface area contributed by atoms with E-state index in [0.717, 1.165) is 11.1 Å². The molecule has 3 rings (SSSR count). The molecule has 2 heterocycles. The Bertz CT molecular complexity index is 719. The second-order valence-electron chi connectivity index (χ2n) is 3.79. The fraction of sp³-hybridized carbons (Fsp3) is 0. The van der Waals surface area contributed by atoms with E-state index in [4.69, 9.17) is 5.11 Å². The van der Waals surface area contributed by atoms with Crippen LogP contribution in [0.15, 0.2) is 48.8 Å². The Labute approximate surface area is 102 Å². The molecule has 0 saturated heterocycles. The highest BCUT2D eigenvalue weighted by Crippen LogP contribution is 2.23. The lowest BCUT2D eigenvalue weighted by molar-refractivity contribution is 0.0687. The number of carboxylic acid groups (broad SMARTS) is 1. The first-order valence-electron chi connectivity index (χ1n) is 5.39. The van der Waals surface area contributed by atoms with Crippen molar-refractivity contribution in [2.24, 2.45) is 0 Å². The van der Waals surface area contributed by atoms with Gasteiger partial charge in [0.05, 0.1) is 6.20 Å². The van der Waals surface area contributed by atoms with Crippen molar-refractivity contribution < 1.29 is 9.90 Å². The Morgan fingerprint density at radius 1 is 1.17 bits per heavy atom. The third kappa shape index (κ3) is 1.53. The zero-order chi connectivity index (χ0) is 12.5. The number of benzene rings is 1. The Hall–Kier alpha value is -2.69. The van der Waals surface area contributed by atoms with E-state index in [1.54, 1.807) is 6.20 Å². The smallest absolute Gasteiger partial charge is 0.354 e. The van der Waals surface area contributed by atoms with Gasteiger partial charge in [-0.25, -0.2) is 14.3 Å². The standard InChI is InChI=1S/C13H9N3O2/c17-13(18)11-6-7-14-12-10(8-15-16(11)12)9-4-2-1-3-5-9/h1-8H,(H,17,18). The van der Waals surface area contributed by atoms with Gasteiger partial charge in [0.25, 0.3) is 0 Å². The van der Waals surface area contributed by atoms with Crippen molar-refractivity contribution in [3.05, 3.63) is 54.5 Å². The van der Waals surface area contributed by atoms with Gasteiger partial charge in [-0.05, 0) is 11.6 Å². The first-order valence-corrected chi connectivity index (χ1v) is 5.39. The lowest BCUT2D eigenvalue weighted by Crippen LogP contribution is -2.06. The molecule has 0 fully saturated rings. The Kier molecular flexibility index (Phi) is 2.30. The summed E-state index contributed by atoms with van der Waals surface area (Å²) in [6, 6.07) is 11.1. The molecule has 5 heteroatoms. The van der Waals surface area contributed by atoms with Gasteiger partial charge in [-0.3, -0.25) is 0 Å². The highest BCUT2D eigenvalue weighted by atomic mass is 16.4. The Morgan fingerprint density at radius 2 is 1.94 bits per heavy atom. The molecule has 0 atom stereocenters. The van der Waals surface area contributed by atoms with E-state index in [0.29, 0.717) is 5.65 Å². The van der Waals surface area contributed by atoms with Crippen LogP contribution in [-0.2, 0) is 0 Å². The third-order valence-electron chi connectivity index (χ3n) is 2.71. The van der Waals surface area contributed by atoms with Crippen LogP contribution in [-0.4, -0.2) is 25.7 Å². The molecule has 0 bridgehead atoms. The van der Waals surface area contributed by atoms with Crippen LogP contribution in [0.25, 0.3) is 16.8 Å². The summed E-state index contributed by atoms with van der Waals surface area (Å²) in [4.78, 5) is 15.3. The fourth-order valence-electron chi connectivity index (χ4n) is 1.87. The summed E-state index contributed by atoms with van der Waals surface area (Å²) in [5, 5.41) is 13.2. The Balaban J connectivity index is 2.28. The van der Waals surface area contributed by atoms with Crippen LogP contribution in [0.3, 0.4) is 0 Å². The lowest BCUT2D eigenvalue weighted by Gasteiger charge is -2.00. The van der Waals surface area contributed by atoms with Gasteiger partial charge in [0, 0.05) is 11.8 Å². The summed E-state index contributed by atoms with van der Waals surface area (Å²) in [5.74, 6) is -1.02. The molecule has 1 aromatic carbocycles. The molecule has 0 aliphatic rings. The second-order valence-corrected chi connectivity index (χ2v) is 3.79. The minimum absolute atomic E-state index is 0.0992. The molecular weight excluding hydrogens is 230 g/mol. The molecule has 0 aliphatic heterocycles. The van der Waals surface area contributed by atoms with Crippen molar-refractivity contribution in [2.45, 2.75) is 0 Å². The molecule has 2 aromatic heterocycles. The fourth-order valence-corrected chi connectivity index (χ4v) is 1.87. The van der Waals surface area contributed by atoms with Gasteiger partial charge in [-0.15, -0.1) is 0 Å². The molecule has 0 unspecified atom stereocenters. The monoisotopic (exact) mass is 239 g/mol. The van der Waals surface area contributed by atoms with E-state index in [1.807, 2.05) is 30.3 Å².